The van der Waals surface area contributed by atoms with Crippen molar-refractivity contribution in [3.63, 3.8) is 0 Å². The highest BCUT2D eigenvalue weighted by Crippen LogP contribution is 2.13. The van der Waals surface area contributed by atoms with Gasteiger partial charge in [0.2, 0.25) is 0 Å². The Bertz CT molecular complexity index is 475. The maximum absolute atomic E-state index is 12.5. The minimum absolute atomic E-state index is 0.0169. The van der Waals surface area contributed by atoms with Crippen LogP contribution in [0.3, 0.4) is 0 Å². The Morgan fingerprint density at radius 3 is 2.48 bits per heavy atom. The van der Waals surface area contributed by atoms with Crippen LogP contribution in [0.15, 0.2) is 24.3 Å². The summed E-state index contributed by atoms with van der Waals surface area (Å²) < 4.78 is 4.67. The van der Waals surface area contributed by atoms with E-state index in [0.29, 0.717) is 23.6 Å². The molecule has 0 aromatic heterocycles. The van der Waals surface area contributed by atoms with Gasteiger partial charge in [0.25, 0.3) is 5.91 Å². The third kappa shape index (κ3) is 5.36. The van der Waals surface area contributed by atoms with E-state index >= 15 is 0 Å². The quantitative estimate of drug-likeness (QED) is 0.782. The SMILES string of the molecule is COC(=O)C(C)CN(CCCO)C(=O)c1ccc(Cl)cc1. The fourth-order valence-electron chi connectivity index (χ4n) is 1.92. The third-order valence-electron chi connectivity index (χ3n) is 3.06. The first-order valence-corrected chi connectivity index (χ1v) is 7.11. The molecular weight excluding hydrogens is 294 g/mol. The molecule has 1 atom stereocenters. The molecule has 1 amide bonds. The van der Waals surface area contributed by atoms with E-state index in [4.69, 9.17) is 16.7 Å². The molecule has 5 nitrogen and oxygen atoms in total. The van der Waals surface area contributed by atoms with E-state index in [1.807, 2.05) is 0 Å². The number of ether oxygens (including phenoxy) is 1. The summed E-state index contributed by atoms with van der Waals surface area (Å²) in [6.45, 7) is 2.30. The number of halogens is 1. The standard InChI is InChI=1S/C15H20ClNO4/c1-11(15(20)21-2)10-17(8-3-9-18)14(19)12-4-6-13(16)7-5-12/h4-7,11,18H,3,8-10H2,1-2H3. The summed E-state index contributed by atoms with van der Waals surface area (Å²) in [5.41, 5.74) is 0.495. The first kappa shape index (κ1) is 17.5. The van der Waals surface area contributed by atoms with Crippen molar-refractivity contribution in [3.8, 4) is 0 Å². The molecule has 21 heavy (non-hydrogen) atoms. The van der Waals surface area contributed by atoms with Crippen LogP contribution in [0.2, 0.25) is 5.02 Å². The van der Waals surface area contributed by atoms with Gasteiger partial charge < -0.3 is 14.7 Å². The van der Waals surface area contributed by atoms with Crippen molar-refractivity contribution >= 4 is 23.5 Å². The normalized spacial score (nSPS) is 11.8. The minimum Gasteiger partial charge on any atom is -0.469 e. The molecular formula is C15H20ClNO4. The highest BCUT2D eigenvalue weighted by atomic mass is 35.5. The summed E-state index contributed by atoms with van der Waals surface area (Å²) in [4.78, 5) is 25.5. The van der Waals surface area contributed by atoms with Gasteiger partial charge in [-0.3, -0.25) is 9.59 Å². The van der Waals surface area contributed by atoms with Crippen molar-refractivity contribution < 1.29 is 19.4 Å². The highest BCUT2D eigenvalue weighted by molar-refractivity contribution is 6.30. The number of amides is 1. The molecule has 1 unspecified atom stereocenters. The fraction of sp³-hybridized carbons (Fsp3) is 0.467. The lowest BCUT2D eigenvalue weighted by Gasteiger charge is -2.25. The lowest BCUT2D eigenvalue weighted by atomic mass is 10.1. The van der Waals surface area contributed by atoms with Crippen molar-refractivity contribution in [3.05, 3.63) is 34.9 Å². The van der Waals surface area contributed by atoms with Crippen LogP contribution in [0.4, 0.5) is 0 Å². The molecule has 6 heteroatoms. The summed E-state index contributed by atoms with van der Waals surface area (Å²) in [6.07, 6.45) is 0.452. The second kappa shape index (κ2) is 8.64. The number of hydrogen-bond donors (Lipinski definition) is 1. The number of nitrogens with zero attached hydrogens (tertiary/aromatic N) is 1. The summed E-state index contributed by atoms with van der Waals surface area (Å²) in [5, 5.41) is 9.50. The van der Waals surface area contributed by atoms with Crippen LogP contribution in [0.5, 0.6) is 0 Å². The average molecular weight is 314 g/mol. The molecule has 116 valence electrons. The van der Waals surface area contributed by atoms with Crippen molar-refractivity contribution in [2.75, 3.05) is 26.8 Å². The van der Waals surface area contributed by atoms with Crippen LogP contribution < -0.4 is 0 Å². The average Bonchev–Trinajstić information content (AvgIpc) is 2.50. The number of carbonyl (C=O) groups excluding carboxylic acids is 2. The predicted octanol–water partition coefficient (Wildman–Crippen LogP) is 1.97. The van der Waals surface area contributed by atoms with Crippen molar-refractivity contribution in [2.45, 2.75) is 13.3 Å². The van der Waals surface area contributed by atoms with Gasteiger partial charge in [-0.05, 0) is 30.7 Å². The largest absolute Gasteiger partial charge is 0.469 e. The Balaban J connectivity index is 2.82. The van der Waals surface area contributed by atoms with Crippen molar-refractivity contribution in [2.24, 2.45) is 5.92 Å². The smallest absolute Gasteiger partial charge is 0.310 e. The van der Waals surface area contributed by atoms with Gasteiger partial charge in [-0.2, -0.15) is 0 Å². The highest BCUT2D eigenvalue weighted by Gasteiger charge is 2.22. The Kier molecular flexibility index (Phi) is 7.19. The van der Waals surface area contributed by atoms with E-state index in [0.717, 1.165) is 0 Å². The molecule has 0 aliphatic heterocycles. The molecule has 0 saturated carbocycles. The van der Waals surface area contributed by atoms with Crippen molar-refractivity contribution in [1.82, 2.24) is 4.90 Å². The molecule has 0 saturated heterocycles. The number of hydrogen-bond acceptors (Lipinski definition) is 4. The molecule has 1 aromatic rings. The van der Waals surface area contributed by atoms with Crippen LogP contribution in [-0.2, 0) is 9.53 Å². The van der Waals surface area contributed by atoms with Gasteiger partial charge in [0.15, 0.2) is 0 Å². The topological polar surface area (TPSA) is 66.8 Å². The maximum Gasteiger partial charge on any atom is 0.310 e. The van der Waals surface area contributed by atoms with Gasteiger partial charge in [0.1, 0.15) is 0 Å². The van der Waals surface area contributed by atoms with E-state index in [2.05, 4.69) is 4.74 Å². The first-order valence-electron chi connectivity index (χ1n) is 6.73. The zero-order valence-corrected chi connectivity index (χ0v) is 13.0. The van der Waals surface area contributed by atoms with E-state index in [9.17, 15) is 9.59 Å². The number of rotatable bonds is 7. The summed E-state index contributed by atoms with van der Waals surface area (Å²) in [7, 11) is 1.32. The number of esters is 1. The molecule has 0 aliphatic carbocycles. The Morgan fingerprint density at radius 2 is 1.95 bits per heavy atom. The van der Waals surface area contributed by atoms with Crippen LogP contribution in [-0.4, -0.2) is 48.7 Å². The van der Waals surface area contributed by atoms with Crippen LogP contribution in [0, 0.1) is 5.92 Å². The summed E-state index contributed by atoms with van der Waals surface area (Å²) in [6, 6.07) is 6.56. The first-order chi connectivity index (χ1) is 9.99. The van der Waals surface area contributed by atoms with Gasteiger partial charge in [0.05, 0.1) is 13.0 Å². The van der Waals surface area contributed by atoms with Gasteiger partial charge in [-0.25, -0.2) is 0 Å². The lowest BCUT2D eigenvalue weighted by molar-refractivity contribution is -0.145. The van der Waals surface area contributed by atoms with E-state index in [1.54, 1.807) is 36.1 Å². The molecule has 1 rings (SSSR count). The van der Waals surface area contributed by atoms with Gasteiger partial charge in [0, 0.05) is 30.3 Å². The van der Waals surface area contributed by atoms with Crippen LogP contribution in [0.25, 0.3) is 0 Å². The summed E-state index contributed by atoms with van der Waals surface area (Å²) >= 11 is 5.81. The molecule has 1 N–H and O–H groups in total. The predicted molar refractivity (Wildman–Crippen MR) is 80.2 cm³/mol. The molecule has 0 aliphatic rings. The number of benzene rings is 1. The lowest BCUT2D eigenvalue weighted by Crippen LogP contribution is -2.38. The van der Waals surface area contributed by atoms with Gasteiger partial charge in [-0.15, -0.1) is 0 Å². The van der Waals surface area contributed by atoms with Crippen molar-refractivity contribution in [1.29, 1.82) is 0 Å². The van der Waals surface area contributed by atoms with E-state index in [1.165, 1.54) is 7.11 Å². The zero-order chi connectivity index (χ0) is 15.8. The monoisotopic (exact) mass is 313 g/mol. The Labute approximate surface area is 129 Å². The van der Waals surface area contributed by atoms with Crippen LogP contribution in [0.1, 0.15) is 23.7 Å². The molecule has 1 aromatic carbocycles. The van der Waals surface area contributed by atoms with E-state index in [-0.39, 0.29) is 25.0 Å². The van der Waals surface area contributed by atoms with Gasteiger partial charge >= 0.3 is 5.97 Å². The molecule has 0 spiro atoms. The number of carbonyl (C=O) groups is 2. The fourth-order valence-corrected chi connectivity index (χ4v) is 2.04. The number of methoxy groups -OCH3 is 1. The third-order valence-corrected chi connectivity index (χ3v) is 3.31. The molecule has 0 fully saturated rings. The summed E-state index contributed by atoms with van der Waals surface area (Å²) in [5.74, 6) is -0.992. The molecule has 0 radical (unpaired) electrons. The Hall–Kier alpha value is -1.59. The molecule has 0 bridgehead atoms. The number of aliphatic hydroxyl groups is 1. The van der Waals surface area contributed by atoms with E-state index < -0.39 is 5.92 Å². The van der Waals surface area contributed by atoms with Gasteiger partial charge in [-0.1, -0.05) is 18.5 Å². The zero-order valence-electron chi connectivity index (χ0n) is 12.2. The van der Waals surface area contributed by atoms with Crippen LogP contribution >= 0.6 is 11.6 Å². The number of aliphatic hydroxyl groups excluding tert-OH is 1. The second-order valence-electron chi connectivity index (χ2n) is 4.76. The maximum atomic E-state index is 12.5. The minimum atomic E-state index is -0.426. The Morgan fingerprint density at radius 1 is 1.33 bits per heavy atom. The second-order valence-corrected chi connectivity index (χ2v) is 5.20. The molecule has 0 heterocycles.